The van der Waals surface area contributed by atoms with E-state index in [9.17, 15) is 9.59 Å². The summed E-state index contributed by atoms with van der Waals surface area (Å²) in [5.41, 5.74) is 0. The Morgan fingerprint density at radius 3 is 1.44 bits per heavy atom. The Balaban J connectivity index is 4.12. The molecule has 0 saturated carbocycles. The Morgan fingerprint density at radius 1 is 0.440 bits per heavy atom. The number of allylic oxidation sites excluding steroid dienone is 6. The van der Waals surface area contributed by atoms with E-state index >= 15 is 0 Å². The van der Waals surface area contributed by atoms with Crippen LogP contribution in [0.5, 0.6) is 0 Å². The van der Waals surface area contributed by atoms with Gasteiger partial charge < -0.3 is 14.2 Å². The summed E-state index contributed by atoms with van der Waals surface area (Å²) in [4.78, 5) is 25.1. The van der Waals surface area contributed by atoms with Crippen molar-refractivity contribution in [2.75, 3.05) is 19.8 Å². The van der Waals surface area contributed by atoms with Crippen molar-refractivity contribution in [3.05, 3.63) is 36.5 Å². The summed E-state index contributed by atoms with van der Waals surface area (Å²) >= 11 is 0. The van der Waals surface area contributed by atoms with E-state index in [2.05, 4.69) is 57.2 Å². The topological polar surface area (TPSA) is 61.8 Å². The summed E-state index contributed by atoms with van der Waals surface area (Å²) in [6.07, 6.45) is 47.1. The first-order valence-electron chi connectivity index (χ1n) is 21.5. The molecule has 0 fully saturated rings. The fourth-order valence-electron chi connectivity index (χ4n) is 5.87. The summed E-state index contributed by atoms with van der Waals surface area (Å²) in [5.74, 6) is -0.417. The van der Waals surface area contributed by atoms with Gasteiger partial charge in [-0.25, -0.2) is 0 Å². The van der Waals surface area contributed by atoms with Gasteiger partial charge in [0.15, 0.2) is 6.10 Å². The normalized spacial score (nSPS) is 12.5. The van der Waals surface area contributed by atoms with Gasteiger partial charge in [0.25, 0.3) is 0 Å². The molecule has 0 aliphatic rings. The first-order chi connectivity index (χ1) is 24.6. The highest BCUT2D eigenvalue weighted by atomic mass is 16.6. The highest BCUT2D eigenvalue weighted by Crippen LogP contribution is 2.13. The van der Waals surface area contributed by atoms with Crippen molar-refractivity contribution in [2.24, 2.45) is 0 Å². The van der Waals surface area contributed by atoms with Crippen LogP contribution in [0.4, 0.5) is 0 Å². The molecule has 0 bridgehead atoms. The number of hydrogen-bond donors (Lipinski definition) is 0. The number of unbranched alkanes of at least 4 members (excludes halogenated alkanes) is 22. The third-order valence-electron chi connectivity index (χ3n) is 9.15. The minimum Gasteiger partial charge on any atom is -0.462 e. The molecule has 5 nitrogen and oxygen atoms in total. The zero-order valence-corrected chi connectivity index (χ0v) is 33.4. The van der Waals surface area contributed by atoms with Crippen LogP contribution in [0.15, 0.2) is 36.5 Å². The van der Waals surface area contributed by atoms with Crippen LogP contribution in [0.1, 0.15) is 213 Å². The van der Waals surface area contributed by atoms with Gasteiger partial charge in [-0.15, -0.1) is 0 Å². The molecule has 0 amide bonds. The number of ether oxygens (including phenoxy) is 3. The lowest BCUT2D eigenvalue weighted by Gasteiger charge is -2.18. The highest BCUT2D eigenvalue weighted by molar-refractivity contribution is 5.70. The molecule has 0 aromatic rings. The van der Waals surface area contributed by atoms with Crippen molar-refractivity contribution in [3.63, 3.8) is 0 Å². The molecular formula is C45H82O5. The van der Waals surface area contributed by atoms with E-state index in [-0.39, 0.29) is 25.2 Å². The molecule has 0 radical (unpaired) electrons. The Hall–Kier alpha value is -1.88. The molecule has 1 atom stereocenters. The van der Waals surface area contributed by atoms with Crippen molar-refractivity contribution in [3.8, 4) is 0 Å². The molecule has 1 unspecified atom stereocenters. The summed E-state index contributed by atoms with van der Waals surface area (Å²) in [6.45, 7) is 7.71. The first-order valence-corrected chi connectivity index (χ1v) is 21.5. The van der Waals surface area contributed by atoms with Gasteiger partial charge in [0, 0.05) is 19.4 Å². The highest BCUT2D eigenvalue weighted by Gasteiger charge is 2.17. The smallest absolute Gasteiger partial charge is 0.306 e. The van der Waals surface area contributed by atoms with Crippen molar-refractivity contribution >= 4 is 11.9 Å². The van der Waals surface area contributed by atoms with Gasteiger partial charge in [0.2, 0.25) is 0 Å². The molecule has 292 valence electrons. The second-order valence-electron chi connectivity index (χ2n) is 14.2. The second-order valence-corrected chi connectivity index (χ2v) is 14.2. The Bertz CT molecular complexity index is 801. The Kier molecular flexibility index (Phi) is 40.0. The van der Waals surface area contributed by atoms with E-state index in [4.69, 9.17) is 14.2 Å². The van der Waals surface area contributed by atoms with Gasteiger partial charge in [0.1, 0.15) is 6.61 Å². The molecule has 0 N–H and O–H groups in total. The first kappa shape index (κ1) is 48.1. The number of carbonyl (C=O) groups is 2. The van der Waals surface area contributed by atoms with E-state index in [1.165, 1.54) is 116 Å². The largest absolute Gasteiger partial charge is 0.462 e. The van der Waals surface area contributed by atoms with Gasteiger partial charge in [0.05, 0.1) is 6.61 Å². The Labute approximate surface area is 310 Å². The SMILES string of the molecule is CCCC/C=C\CCCCCCCC(=O)OC(COCCCCCCCC)COC(=O)CCCCCCCCC/C=C\C/C=C\CCCCC. The van der Waals surface area contributed by atoms with Crippen LogP contribution in [0, 0.1) is 0 Å². The maximum absolute atomic E-state index is 12.6. The monoisotopic (exact) mass is 703 g/mol. The van der Waals surface area contributed by atoms with Crippen molar-refractivity contribution in [1.29, 1.82) is 0 Å². The van der Waals surface area contributed by atoms with Crippen molar-refractivity contribution in [1.82, 2.24) is 0 Å². The van der Waals surface area contributed by atoms with Crippen LogP contribution in [-0.2, 0) is 23.8 Å². The lowest BCUT2D eigenvalue weighted by Crippen LogP contribution is -2.30. The third-order valence-corrected chi connectivity index (χ3v) is 9.15. The summed E-state index contributed by atoms with van der Waals surface area (Å²) < 4.78 is 17.2. The predicted molar refractivity (Wildman–Crippen MR) is 215 cm³/mol. The number of carbonyl (C=O) groups excluding carboxylic acids is 2. The van der Waals surface area contributed by atoms with Gasteiger partial charge >= 0.3 is 11.9 Å². The summed E-state index contributed by atoms with van der Waals surface area (Å²) in [7, 11) is 0. The standard InChI is InChI=1S/C45H82O5/c1-4-7-10-13-16-18-20-21-22-23-24-25-27-28-30-32-35-38-44(46)49-42-43(41-48-40-37-34-15-12-9-6-3)50-45(47)39-36-33-31-29-26-19-17-14-11-8-5-2/h14,16-18,21-22,43H,4-13,15,19-20,23-42H2,1-3H3/b17-14-,18-16-,22-21-. The van der Waals surface area contributed by atoms with Gasteiger partial charge in [-0.2, -0.15) is 0 Å². The minimum absolute atomic E-state index is 0.0799. The zero-order valence-electron chi connectivity index (χ0n) is 33.4. The molecule has 0 heterocycles. The second kappa shape index (κ2) is 41.5. The van der Waals surface area contributed by atoms with E-state index in [0.29, 0.717) is 19.4 Å². The van der Waals surface area contributed by atoms with Crippen LogP contribution in [0.2, 0.25) is 0 Å². The summed E-state index contributed by atoms with van der Waals surface area (Å²) in [5, 5.41) is 0. The van der Waals surface area contributed by atoms with Crippen LogP contribution in [0.3, 0.4) is 0 Å². The zero-order chi connectivity index (χ0) is 36.4. The van der Waals surface area contributed by atoms with Crippen LogP contribution >= 0.6 is 0 Å². The number of esters is 2. The minimum atomic E-state index is -0.534. The third kappa shape index (κ3) is 38.9. The molecule has 0 aliphatic carbocycles. The molecule has 0 aliphatic heterocycles. The lowest BCUT2D eigenvalue weighted by molar-refractivity contribution is -0.163. The van der Waals surface area contributed by atoms with Crippen LogP contribution in [-0.4, -0.2) is 37.9 Å². The van der Waals surface area contributed by atoms with Gasteiger partial charge in [-0.1, -0.05) is 166 Å². The molecule has 5 heteroatoms. The van der Waals surface area contributed by atoms with Gasteiger partial charge in [-0.05, 0) is 70.6 Å². The molecule has 0 saturated heterocycles. The quantitative estimate of drug-likeness (QED) is 0.0362. The average molecular weight is 703 g/mol. The maximum Gasteiger partial charge on any atom is 0.306 e. The fraction of sp³-hybridized carbons (Fsp3) is 0.822. The number of rotatable bonds is 39. The van der Waals surface area contributed by atoms with Crippen molar-refractivity contribution < 1.29 is 23.8 Å². The molecule has 50 heavy (non-hydrogen) atoms. The van der Waals surface area contributed by atoms with Crippen LogP contribution < -0.4 is 0 Å². The van der Waals surface area contributed by atoms with Gasteiger partial charge in [-0.3, -0.25) is 9.59 Å². The number of hydrogen-bond acceptors (Lipinski definition) is 5. The maximum atomic E-state index is 12.6. The fourth-order valence-corrected chi connectivity index (χ4v) is 5.87. The van der Waals surface area contributed by atoms with E-state index in [0.717, 1.165) is 64.2 Å². The lowest BCUT2D eigenvalue weighted by atomic mass is 10.1. The molecule has 0 rings (SSSR count). The summed E-state index contributed by atoms with van der Waals surface area (Å²) in [6, 6.07) is 0. The molecule has 0 spiro atoms. The van der Waals surface area contributed by atoms with E-state index in [1.54, 1.807) is 0 Å². The van der Waals surface area contributed by atoms with Crippen molar-refractivity contribution in [2.45, 2.75) is 219 Å². The van der Waals surface area contributed by atoms with E-state index < -0.39 is 6.10 Å². The average Bonchev–Trinajstić information content (AvgIpc) is 3.11. The van der Waals surface area contributed by atoms with E-state index in [1.807, 2.05) is 0 Å². The molecule has 0 aromatic heterocycles. The molecule has 0 aromatic carbocycles. The van der Waals surface area contributed by atoms with Crippen LogP contribution in [0.25, 0.3) is 0 Å². The molecular weight excluding hydrogens is 620 g/mol. The predicted octanol–water partition coefficient (Wildman–Crippen LogP) is 13.9. The Morgan fingerprint density at radius 2 is 0.860 bits per heavy atom.